The van der Waals surface area contributed by atoms with E-state index in [1.807, 2.05) is 6.92 Å². The Kier molecular flexibility index (Phi) is 5.71. The number of halogens is 3. The van der Waals surface area contributed by atoms with Crippen molar-refractivity contribution in [2.75, 3.05) is 5.32 Å². The molecular formula is C25H19F3N6O2S. The molecule has 2 amide bonds. The summed E-state index contributed by atoms with van der Waals surface area (Å²) in [6.07, 6.45) is -3.02. The number of nitrogens with two attached hydrogens (primary N) is 1. The van der Waals surface area contributed by atoms with Gasteiger partial charge in [-0.25, -0.2) is 9.97 Å². The summed E-state index contributed by atoms with van der Waals surface area (Å²) < 4.78 is 41.6. The third-order valence-corrected chi connectivity index (χ3v) is 7.18. The van der Waals surface area contributed by atoms with Gasteiger partial charge < -0.3 is 11.1 Å². The standard InChI is InChI=1S/C25H19F3N6O2S/c1-11-8-18(25(26,27)28)32-24-19(11)20(21(37-24)22(29)35)33-23(36)14-9-17(15-10-30-34(3)12(15)2)31-16-7-5-4-6-13(14)16/h4-10H,1-3H3,(H2,29,35)(H,33,36). The predicted molar refractivity (Wildman–Crippen MR) is 135 cm³/mol. The van der Waals surface area contributed by atoms with Crippen LogP contribution in [0.4, 0.5) is 18.9 Å². The Labute approximate surface area is 211 Å². The lowest BCUT2D eigenvalue weighted by Crippen LogP contribution is -2.17. The van der Waals surface area contributed by atoms with E-state index in [4.69, 9.17) is 5.73 Å². The number of primary amides is 1. The molecule has 0 aliphatic rings. The van der Waals surface area contributed by atoms with Crippen molar-refractivity contribution in [1.29, 1.82) is 0 Å². The van der Waals surface area contributed by atoms with E-state index in [1.165, 1.54) is 6.92 Å². The predicted octanol–water partition coefficient (Wildman–Crippen LogP) is 5.23. The van der Waals surface area contributed by atoms with Gasteiger partial charge in [-0.1, -0.05) is 18.2 Å². The van der Waals surface area contributed by atoms with Gasteiger partial charge in [0.25, 0.3) is 11.8 Å². The minimum atomic E-state index is -4.67. The summed E-state index contributed by atoms with van der Waals surface area (Å²) in [5.74, 6) is -1.47. The number of anilines is 1. The molecule has 0 saturated heterocycles. The first-order valence-electron chi connectivity index (χ1n) is 11.0. The minimum absolute atomic E-state index is 0.0243. The minimum Gasteiger partial charge on any atom is -0.365 e. The third-order valence-electron chi connectivity index (χ3n) is 6.08. The Hall–Kier alpha value is -4.32. The number of rotatable bonds is 4. The van der Waals surface area contributed by atoms with Gasteiger partial charge in [-0.3, -0.25) is 14.3 Å². The molecule has 4 aromatic heterocycles. The molecule has 3 N–H and O–H groups in total. The lowest BCUT2D eigenvalue weighted by atomic mass is 10.0. The Morgan fingerprint density at radius 2 is 1.84 bits per heavy atom. The lowest BCUT2D eigenvalue weighted by molar-refractivity contribution is -0.141. The molecule has 0 atom stereocenters. The number of aromatic nitrogens is 4. The zero-order valence-corrected chi connectivity index (χ0v) is 20.6. The number of hydrogen-bond donors (Lipinski definition) is 2. The summed E-state index contributed by atoms with van der Waals surface area (Å²) in [4.78, 5) is 34.1. The number of amides is 2. The van der Waals surface area contributed by atoms with Crippen LogP contribution in [-0.4, -0.2) is 31.6 Å². The van der Waals surface area contributed by atoms with Crippen LogP contribution in [0.2, 0.25) is 0 Å². The highest BCUT2D eigenvalue weighted by atomic mass is 32.1. The second-order valence-electron chi connectivity index (χ2n) is 8.47. The Morgan fingerprint density at radius 3 is 2.49 bits per heavy atom. The number of hydrogen-bond acceptors (Lipinski definition) is 6. The maximum Gasteiger partial charge on any atom is 0.433 e. The van der Waals surface area contributed by atoms with Crippen molar-refractivity contribution in [3.05, 3.63) is 70.0 Å². The molecule has 4 heterocycles. The molecule has 1 aromatic carbocycles. The first-order chi connectivity index (χ1) is 17.5. The summed E-state index contributed by atoms with van der Waals surface area (Å²) in [7, 11) is 1.79. The first-order valence-corrected chi connectivity index (χ1v) is 11.8. The van der Waals surface area contributed by atoms with E-state index in [2.05, 4.69) is 20.4 Å². The molecular weight excluding hydrogens is 505 g/mol. The summed E-state index contributed by atoms with van der Waals surface area (Å²) in [5, 5.41) is 7.75. The maximum absolute atomic E-state index is 13.6. The van der Waals surface area contributed by atoms with Crippen LogP contribution in [0.5, 0.6) is 0 Å². The van der Waals surface area contributed by atoms with Crippen LogP contribution in [-0.2, 0) is 13.2 Å². The van der Waals surface area contributed by atoms with Gasteiger partial charge in [0.2, 0.25) is 0 Å². The second-order valence-corrected chi connectivity index (χ2v) is 9.47. The van der Waals surface area contributed by atoms with E-state index >= 15 is 0 Å². The lowest BCUT2D eigenvalue weighted by Gasteiger charge is -2.12. The van der Waals surface area contributed by atoms with E-state index in [-0.39, 0.29) is 31.9 Å². The fourth-order valence-electron chi connectivity index (χ4n) is 4.15. The number of thiophene rings is 1. The SMILES string of the molecule is Cc1cc(C(F)(F)F)nc2sc(C(N)=O)c(NC(=O)c3cc(-c4cnn(C)c4C)nc4ccccc34)c12. The average molecular weight is 525 g/mol. The molecule has 188 valence electrons. The van der Waals surface area contributed by atoms with E-state index in [0.717, 1.165) is 17.3 Å². The molecule has 0 radical (unpaired) electrons. The Morgan fingerprint density at radius 1 is 1.11 bits per heavy atom. The first kappa shape index (κ1) is 24.4. The number of benzene rings is 1. The van der Waals surface area contributed by atoms with Crippen LogP contribution < -0.4 is 11.1 Å². The molecule has 0 unspecified atom stereocenters. The number of nitrogens with one attached hydrogen (secondary N) is 1. The van der Waals surface area contributed by atoms with Gasteiger partial charge in [-0.05, 0) is 37.6 Å². The van der Waals surface area contributed by atoms with E-state index in [9.17, 15) is 22.8 Å². The zero-order chi connectivity index (χ0) is 26.6. The molecule has 0 spiro atoms. The van der Waals surface area contributed by atoms with Crippen LogP contribution in [0.1, 0.15) is 37.0 Å². The summed E-state index contributed by atoms with van der Waals surface area (Å²) >= 11 is 0.698. The van der Waals surface area contributed by atoms with Crippen molar-refractivity contribution < 1.29 is 22.8 Å². The van der Waals surface area contributed by atoms with Crippen molar-refractivity contribution in [2.45, 2.75) is 20.0 Å². The maximum atomic E-state index is 13.6. The molecule has 37 heavy (non-hydrogen) atoms. The Balaban J connectivity index is 1.67. The highest BCUT2D eigenvalue weighted by Gasteiger charge is 2.34. The number of alkyl halides is 3. The van der Waals surface area contributed by atoms with Gasteiger partial charge in [-0.2, -0.15) is 18.3 Å². The van der Waals surface area contributed by atoms with Gasteiger partial charge in [0.05, 0.1) is 28.7 Å². The zero-order valence-electron chi connectivity index (χ0n) is 19.8. The third kappa shape index (κ3) is 4.18. The molecule has 5 aromatic rings. The molecule has 12 heteroatoms. The summed E-state index contributed by atoms with van der Waals surface area (Å²) in [6, 6.07) is 9.55. The number of carbonyl (C=O) groups is 2. The average Bonchev–Trinajstić information content (AvgIpc) is 3.38. The summed E-state index contributed by atoms with van der Waals surface area (Å²) in [5.41, 5.74) is 7.58. The number of aryl methyl sites for hydroxylation is 2. The fraction of sp³-hybridized carbons (Fsp3) is 0.160. The van der Waals surface area contributed by atoms with Gasteiger partial charge in [0.15, 0.2) is 0 Å². The number of carbonyl (C=O) groups excluding carboxylic acids is 2. The van der Waals surface area contributed by atoms with Crippen molar-refractivity contribution >= 4 is 50.0 Å². The molecule has 0 fully saturated rings. The molecule has 0 aliphatic carbocycles. The highest BCUT2D eigenvalue weighted by molar-refractivity contribution is 7.21. The van der Waals surface area contributed by atoms with Crippen molar-refractivity contribution in [2.24, 2.45) is 12.8 Å². The van der Waals surface area contributed by atoms with Crippen LogP contribution >= 0.6 is 11.3 Å². The number of pyridine rings is 2. The molecule has 0 aliphatic heterocycles. The molecule has 5 rings (SSSR count). The topological polar surface area (TPSA) is 116 Å². The summed E-state index contributed by atoms with van der Waals surface area (Å²) in [6.45, 7) is 3.33. The monoisotopic (exact) mass is 524 g/mol. The van der Waals surface area contributed by atoms with Gasteiger partial charge in [-0.15, -0.1) is 11.3 Å². The van der Waals surface area contributed by atoms with E-state index in [0.29, 0.717) is 27.9 Å². The van der Waals surface area contributed by atoms with Crippen molar-refractivity contribution in [1.82, 2.24) is 19.7 Å². The normalized spacial score (nSPS) is 11.8. The smallest absolute Gasteiger partial charge is 0.365 e. The van der Waals surface area contributed by atoms with E-state index in [1.54, 1.807) is 48.3 Å². The number of para-hydroxylation sites is 1. The van der Waals surface area contributed by atoms with Crippen LogP contribution in [0.3, 0.4) is 0 Å². The number of nitrogens with zero attached hydrogens (tertiary/aromatic N) is 4. The molecule has 0 bridgehead atoms. The van der Waals surface area contributed by atoms with Crippen LogP contribution in [0.25, 0.3) is 32.4 Å². The van der Waals surface area contributed by atoms with Crippen molar-refractivity contribution in [3.63, 3.8) is 0 Å². The van der Waals surface area contributed by atoms with Crippen LogP contribution in [0.15, 0.2) is 42.6 Å². The van der Waals surface area contributed by atoms with Gasteiger partial charge >= 0.3 is 6.18 Å². The number of fused-ring (bicyclic) bond motifs is 2. The quantitative estimate of drug-likeness (QED) is 0.334. The van der Waals surface area contributed by atoms with E-state index < -0.39 is 23.7 Å². The second kappa shape index (κ2) is 8.66. The van der Waals surface area contributed by atoms with Gasteiger partial charge in [0, 0.05) is 29.1 Å². The van der Waals surface area contributed by atoms with Crippen LogP contribution in [0, 0.1) is 13.8 Å². The largest absolute Gasteiger partial charge is 0.433 e. The highest BCUT2D eigenvalue weighted by Crippen LogP contribution is 2.40. The van der Waals surface area contributed by atoms with Gasteiger partial charge in [0.1, 0.15) is 15.4 Å². The molecule has 0 saturated carbocycles. The Bertz CT molecular complexity index is 1740. The fourth-order valence-corrected chi connectivity index (χ4v) is 5.21. The molecule has 8 nitrogen and oxygen atoms in total. The van der Waals surface area contributed by atoms with Crippen molar-refractivity contribution in [3.8, 4) is 11.3 Å².